The molecule has 9 heavy (non-hydrogen) atoms. The first-order chi connectivity index (χ1) is 4.20. The third-order valence-corrected chi connectivity index (χ3v) is 1.21. The molecule has 50 valence electrons. The van der Waals surface area contributed by atoms with E-state index in [0.29, 0.717) is 0 Å². The van der Waals surface area contributed by atoms with Gasteiger partial charge in [-0.3, -0.25) is 9.59 Å². The van der Waals surface area contributed by atoms with Gasteiger partial charge in [0.1, 0.15) is 12.5 Å². The number of carboxylic acid groups (broad SMARTS) is 1. The van der Waals surface area contributed by atoms with Crippen molar-refractivity contribution < 1.29 is 19.4 Å². The molecule has 0 aliphatic carbocycles. The van der Waals surface area contributed by atoms with Gasteiger partial charge in [0.2, 0.25) is 0 Å². The number of carboxylic acids is 1. The number of esters is 1. The lowest BCUT2D eigenvalue weighted by atomic mass is 10.1. The fourth-order valence-electron chi connectivity index (χ4n) is 0.671. The lowest BCUT2D eigenvalue weighted by Crippen LogP contribution is -2.12. The van der Waals surface area contributed by atoms with Crippen LogP contribution in [0.5, 0.6) is 0 Å². The Hall–Kier alpha value is -1.06. The topological polar surface area (TPSA) is 63.6 Å². The molecule has 0 spiro atoms. The highest BCUT2D eigenvalue weighted by atomic mass is 16.5. The summed E-state index contributed by atoms with van der Waals surface area (Å²) in [7, 11) is 0. The molecular weight excluding hydrogens is 124 g/mol. The summed E-state index contributed by atoms with van der Waals surface area (Å²) in [6, 6.07) is 0. The minimum absolute atomic E-state index is 0.0231. The number of ether oxygens (including phenoxy) is 1. The van der Waals surface area contributed by atoms with Crippen molar-refractivity contribution in [3.63, 3.8) is 0 Å². The van der Waals surface area contributed by atoms with Crippen LogP contribution in [-0.2, 0) is 14.3 Å². The predicted octanol–water partition coefficient (Wildman–Crippen LogP) is -0.366. The van der Waals surface area contributed by atoms with E-state index in [1.54, 1.807) is 0 Å². The molecule has 0 unspecified atom stereocenters. The van der Waals surface area contributed by atoms with Gasteiger partial charge in [-0.2, -0.15) is 0 Å². The summed E-state index contributed by atoms with van der Waals surface area (Å²) in [5.41, 5.74) is 0. The van der Waals surface area contributed by atoms with Crippen LogP contribution in [0.15, 0.2) is 0 Å². The highest BCUT2D eigenvalue weighted by Gasteiger charge is 2.29. The monoisotopic (exact) mass is 130 g/mol. The minimum atomic E-state index is -0.958. The molecule has 0 amide bonds. The Bertz CT molecular complexity index is 151. The van der Waals surface area contributed by atoms with Crippen molar-refractivity contribution in [3.05, 3.63) is 0 Å². The van der Waals surface area contributed by atoms with Crippen molar-refractivity contribution in [1.29, 1.82) is 0 Å². The Morgan fingerprint density at radius 2 is 2.44 bits per heavy atom. The molecule has 0 aromatic rings. The Morgan fingerprint density at radius 1 is 1.78 bits per heavy atom. The fourth-order valence-corrected chi connectivity index (χ4v) is 0.671. The van der Waals surface area contributed by atoms with Gasteiger partial charge in [-0.25, -0.2) is 0 Å². The van der Waals surface area contributed by atoms with E-state index in [2.05, 4.69) is 4.74 Å². The first-order valence-electron chi connectivity index (χ1n) is 2.58. The molecule has 1 saturated heterocycles. The zero-order chi connectivity index (χ0) is 6.85. The number of rotatable bonds is 1. The number of carbonyl (C=O) groups is 2. The number of carbonyl (C=O) groups excluding carboxylic acids is 1. The van der Waals surface area contributed by atoms with Crippen molar-refractivity contribution in [2.45, 2.75) is 6.42 Å². The van der Waals surface area contributed by atoms with Gasteiger partial charge in [0.15, 0.2) is 0 Å². The van der Waals surface area contributed by atoms with E-state index >= 15 is 0 Å². The molecule has 4 nitrogen and oxygen atoms in total. The third kappa shape index (κ3) is 1.19. The molecule has 1 aliphatic rings. The van der Waals surface area contributed by atoms with Gasteiger partial charge in [-0.15, -0.1) is 0 Å². The number of hydrogen-bond acceptors (Lipinski definition) is 3. The molecular formula is C5H6O4. The van der Waals surface area contributed by atoms with Crippen LogP contribution in [0.2, 0.25) is 0 Å². The fraction of sp³-hybridized carbons (Fsp3) is 0.600. The van der Waals surface area contributed by atoms with Crippen LogP contribution in [0.4, 0.5) is 0 Å². The summed E-state index contributed by atoms with van der Waals surface area (Å²) >= 11 is 0. The number of hydrogen-bond donors (Lipinski definition) is 1. The smallest absolute Gasteiger partial charge is 0.310 e. The van der Waals surface area contributed by atoms with Gasteiger partial charge in [0, 0.05) is 0 Å². The van der Waals surface area contributed by atoms with Crippen LogP contribution >= 0.6 is 0 Å². The molecule has 1 N–H and O–H groups in total. The molecule has 1 atom stereocenters. The summed E-state index contributed by atoms with van der Waals surface area (Å²) in [4.78, 5) is 20.4. The molecule has 0 radical (unpaired) electrons. The molecule has 1 heterocycles. The van der Waals surface area contributed by atoms with Gasteiger partial charge in [0.25, 0.3) is 0 Å². The van der Waals surface area contributed by atoms with Gasteiger partial charge < -0.3 is 9.84 Å². The molecule has 0 aromatic carbocycles. The molecule has 1 aliphatic heterocycles. The van der Waals surface area contributed by atoms with Gasteiger partial charge in [-0.05, 0) is 0 Å². The van der Waals surface area contributed by atoms with Gasteiger partial charge in [0.05, 0.1) is 6.42 Å². The van der Waals surface area contributed by atoms with Crippen LogP contribution in [0, 0.1) is 5.92 Å². The van der Waals surface area contributed by atoms with Crippen molar-refractivity contribution in [2.24, 2.45) is 5.92 Å². The van der Waals surface area contributed by atoms with Gasteiger partial charge >= 0.3 is 11.9 Å². The summed E-state index contributed by atoms with van der Waals surface area (Å²) in [5.74, 6) is -1.99. The SMILES string of the molecule is O=C1C[C@@H](C(=O)O)CO1. The second-order valence-corrected chi connectivity index (χ2v) is 1.92. The Labute approximate surface area is 51.4 Å². The quantitative estimate of drug-likeness (QED) is 0.492. The summed E-state index contributed by atoms with van der Waals surface area (Å²) in [6.07, 6.45) is 0.0231. The number of cyclic esters (lactones) is 1. The summed E-state index contributed by atoms with van der Waals surface area (Å²) in [6.45, 7) is 0.0359. The third-order valence-electron chi connectivity index (χ3n) is 1.21. The van der Waals surface area contributed by atoms with Crippen LogP contribution < -0.4 is 0 Å². The van der Waals surface area contributed by atoms with E-state index in [-0.39, 0.29) is 13.0 Å². The second kappa shape index (κ2) is 2.05. The van der Waals surface area contributed by atoms with Crippen molar-refractivity contribution in [3.8, 4) is 0 Å². The van der Waals surface area contributed by atoms with Crippen LogP contribution in [-0.4, -0.2) is 23.7 Å². The zero-order valence-electron chi connectivity index (χ0n) is 4.66. The highest BCUT2D eigenvalue weighted by molar-refractivity contribution is 5.81. The molecule has 4 heteroatoms. The largest absolute Gasteiger partial charge is 0.481 e. The second-order valence-electron chi connectivity index (χ2n) is 1.92. The molecule has 1 fully saturated rings. The molecule has 0 aromatic heterocycles. The molecule has 0 bridgehead atoms. The highest BCUT2D eigenvalue weighted by Crippen LogP contribution is 2.12. The lowest BCUT2D eigenvalue weighted by Gasteiger charge is -1.93. The Balaban J connectivity index is 2.48. The van der Waals surface area contributed by atoms with E-state index in [1.807, 2.05) is 0 Å². The van der Waals surface area contributed by atoms with Crippen LogP contribution in [0.25, 0.3) is 0 Å². The standard InChI is InChI=1S/C5H6O4/c6-4-1-3(2-9-4)5(7)8/h3H,1-2H2,(H,7,8)/t3-/m1/s1. The molecule has 1 rings (SSSR count). The van der Waals surface area contributed by atoms with E-state index in [4.69, 9.17) is 5.11 Å². The summed E-state index contributed by atoms with van der Waals surface area (Å²) < 4.78 is 4.41. The van der Waals surface area contributed by atoms with Crippen molar-refractivity contribution >= 4 is 11.9 Å². The molecule has 0 saturated carbocycles. The van der Waals surface area contributed by atoms with Crippen molar-refractivity contribution in [2.75, 3.05) is 6.61 Å². The minimum Gasteiger partial charge on any atom is -0.481 e. The van der Waals surface area contributed by atoms with Crippen molar-refractivity contribution in [1.82, 2.24) is 0 Å². The maximum atomic E-state index is 10.3. The van der Waals surface area contributed by atoms with E-state index in [1.165, 1.54) is 0 Å². The Morgan fingerprint density at radius 3 is 2.67 bits per heavy atom. The van der Waals surface area contributed by atoms with Crippen LogP contribution in [0.1, 0.15) is 6.42 Å². The van der Waals surface area contributed by atoms with E-state index < -0.39 is 17.9 Å². The lowest BCUT2D eigenvalue weighted by molar-refractivity contribution is -0.141. The first-order valence-corrected chi connectivity index (χ1v) is 2.58. The maximum absolute atomic E-state index is 10.3. The number of aliphatic carboxylic acids is 1. The predicted molar refractivity (Wildman–Crippen MR) is 26.7 cm³/mol. The van der Waals surface area contributed by atoms with Gasteiger partial charge in [-0.1, -0.05) is 0 Å². The van der Waals surface area contributed by atoms with E-state index in [9.17, 15) is 9.59 Å². The van der Waals surface area contributed by atoms with Crippen LogP contribution in [0.3, 0.4) is 0 Å². The van der Waals surface area contributed by atoms with E-state index in [0.717, 1.165) is 0 Å². The summed E-state index contributed by atoms with van der Waals surface area (Å²) in [5, 5.41) is 8.30. The zero-order valence-corrected chi connectivity index (χ0v) is 4.66. The normalized spacial score (nSPS) is 25.8. The average molecular weight is 130 g/mol. The first kappa shape index (κ1) is 6.07. The maximum Gasteiger partial charge on any atom is 0.310 e. The average Bonchev–Trinajstić information content (AvgIpc) is 2.14. The Kier molecular flexibility index (Phi) is 1.38.